The van der Waals surface area contributed by atoms with Crippen LogP contribution < -0.4 is 10.6 Å². The van der Waals surface area contributed by atoms with Crippen molar-refractivity contribution in [2.75, 3.05) is 31.8 Å². The van der Waals surface area contributed by atoms with Gasteiger partial charge >= 0.3 is 0 Å². The first-order valence-electron chi connectivity index (χ1n) is 5.31. The van der Waals surface area contributed by atoms with Crippen molar-refractivity contribution in [1.82, 2.24) is 10.6 Å². The molecule has 0 spiro atoms. The second-order valence-corrected chi connectivity index (χ2v) is 5.03. The molecule has 0 aromatic rings. The van der Waals surface area contributed by atoms with Gasteiger partial charge in [0.25, 0.3) is 0 Å². The monoisotopic (exact) mass is 250 g/mol. The van der Waals surface area contributed by atoms with Crippen molar-refractivity contribution in [3.8, 4) is 0 Å². The fourth-order valence-corrected chi connectivity index (χ4v) is 2.01. The Kier molecular flexibility index (Phi) is 10.5. The first kappa shape index (κ1) is 15.0. The molecule has 0 heterocycles. The lowest BCUT2D eigenvalue weighted by atomic mass is 10.4. The molecule has 0 amide bonds. The zero-order valence-corrected chi connectivity index (χ0v) is 11.5. The molecule has 90 valence electrons. The maximum Gasteiger partial charge on any atom is 0.166 e. The lowest BCUT2D eigenvalue weighted by Gasteiger charge is -2.16. The molecule has 1 unspecified atom stereocenters. The molecule has 0 bridgehead atoms. The third-order valence-corrected chi connectivity index (χ3v) is 3.17. The van der Waals surface area contributed by atoms with Gasteiger partial charge in [-0.3, -0.25) is 0 Å². The van der Waals surface area contributed by atoms with Crippen molar-refractivity contribution in [1.29, 1.82) is 0 Å². The maximum absolute atomic E-state index is 5.16. The van der Waals surface area contributed by atoms with Gasteiger partial charge in [-0.1, -0.05) is 6.92 Å². The van der Waals surface area contributed by atoms with Crippen LogP contribution in [0.25, 0.3) is 0 Å². The lowest BCUT2D eigenvalue weighted by molar-refractivity contribution is 0.195. The van der Waals surface area contributed by atoms with Crippen molar-refractivity contribution in [3.05, 3.63) is 0 Å². The Balaban J connectivity index is 3.38. The summed E-state index contributed by atoms with van der Waals surface area (Å²) < 4.78 is 4.95. The van der Waals surface area contributed by atoms with E-state index in [9.17, 15) is 0 Å². The molecule has 0 aromatic carbocycles. The van der Waals surface area contributed by atoms with Crippen LogP contribution in [0.3, 0.4) is 0 Å². The van der Waals surface area contributed by atoms with Crippen molar-refractivity contribution in [2.45, 2.75) is 26.3 Å². The molecule has 0 rings (SSSR count). The third-order valence-electron chi connectivity index (χ3n) is 1.76. The van der Waals surface area contributed by atoms with E-state index in [1.54, 1.807) is 7.11 Å². The summed E-state index contributed by atoms with van der Waals surface area (Å²) in [6, 6.07) is 0.428. The fraction of sp³-hybridized carbons (Fsp3) is 0.900. The Morgan fingerprint density at radius 2 is 2.27 bits per heavy atom. The average molecular weight is 250 g/mol. The Hall–Kier alpha value is -0.0000000000000000486. The first-order valence-corrected chi connectivity index (χ1v) is 6.88. The second kappa shape index (κ2) is 10.5. The van der Waals surface area contributed by atoms with Gasteiger partial charge in [0.2, 0.25) is 0 Å². The normalized spacial score (nSPS) is 12.2. The molecule has 0 radical (unpaired) electrons. The minimum atomic E-state index is 0.428. The Bertz CT molecular complexity index is 168. The molecule has 0 aromatic heterocycles. The number of ether oxygens (including phenoxy) is 1. The average Bonchev–Trinajstić information content (AvgIpc) is 2.21. The van der Waals surface area contributed by atoms with Crippen molar-refractivity contribution in [2.24, 2.45) is 0 Å². The molecule has 0 aliphatic carbocycles. The van der Waals surface area contributed by atoms with E-state index in [2.05, 4.69) is 24.5 Å². The van der Waals surface area contributed by atoms with Gasteiger partial charge in [-0.2, -0.15) is 11.8 Å². The van der Waals surface area contributed by atoms with Crippen LogP contribution in [-0.4, -0.2) is 42.9 Å². The van der Waals surface area contributed by atoms with Crippen LogP contribution in [0, 0.1) is 0 Å². The Morgan fingerprint density at radius 1 is 1.53 bits per heavy atom. The highest BCUT2D eigenvalue weighted by Gasteiger charge is 2.02. The molecule has 0 aliphatic heterocycles. The zero-order valence-electron chi connectivity index (χ0n) is 9.84. The van der Waals surface area contributed by atoms with E-state index in [4.69, 9.17) is 17.0 Å². The van der Waals surface area contributed by atoms with Crippen LogP contribution in [0.4, 0.5) is 0 Å². The topological polar surface area (TPSA) is 33.3 Å². The lowest BCUT2D eigenvalue weighted by Crippen LogP contribution is -2.42. The van der Waals surface area contributed by atoms with Crippen molar-refractivity contribution in [3.63, 3.8) is 0 Å². The molecule has 0 saturated heterocycles. The molecular formula is C10H22N2OS2. The highest BCUT2D eigenvalue weighted by atomic mass is 32.2. The molecule has 0 aliphatic rings. The predicted molar refractivity (Wildman–Crippen MR) is 72.7 cm³/mol. The summed E-state index contributed by atoms with van der Waals surface area (Å²) >= 11 is 7.08. The van der Waals surface area contributed by atoms with Gasteiger partial charge in [0, 0.05) is 32.1 Å². The van der Waals surface area contributed by atoms with Gasteiger partial charge < -0.3 is 15.4 Å². The summed E-state index contributed by atoms with van der Waals surface area (Å²) in [5, 5.41) is 7.15. The number of nitrogens with one attached hydrogen (secondary N) is 2. The van der Waals surface area contributed by atoms with Gasteiger partial charge in [-0.05, 0) is 31.3 Å². The quantitative estimate of drug-likeness (QED) is 0.505. The Labute approximate surface area is 103 Å². The standard InChI is InChI=1S/C10H22N2OS2/c1-4-15-8-9(2)12-10(14)11-6-5-7-13-3/h9H,4-8H2,1-3H3,(H2,11,12,14). The van der Waals surface area contributed by atoms with Gasteiger partial charge in [0.1, 0.15) is 0 Å². The summed E-state index contributed by atoms with van der Waals surface area (Å²) in [4.78, 5) is 0. The van der Waals surface area contributed by atoms with E-state index in [1.807, 2.05) is 11.8 Å². The van der Waals surface area contributed by atoms with Crippen LogP contribution in [0.15, 0.2) is 0 Å². The minimum absolute atomic E-state index is 0.428. The van der Waals surface area contributed by atoms with Crippen molar-refractivity contribution < 1.29 is 4.74 Å². The van der Waals surface area contributed by atoms with Gasteiger partial charge in [0.15, 0.2) is 5.11 Å². The Morgan fingerprint density at radius 3 is 2.87 bits per heavy atom. The number of thiocarbonyl (C=S) groups is 1. The largest absolute Gasteiger partial charge is 0.385 e. The number of thioether (sulfide) groups is 1. The van der Waals surface area contributed by atoms with Crippen molar-refractivity contribution >= 4 is 29.1 Å². The van der Waals surface area contributed by atoms with E-state index in [0.29, 0.717) is 6.04 Å². The summed E-state index contributed by atoms with van der Waals surface area (Å²) in [6.07, 6.45) is 0.983. The third kappa shape index (κ3) is 10.3. The molecule has 0 fully saturated rings. The van der Waals surface area contributed by atoms with E-state index in [1.165, 1.54) is 0 Å². The van der Waals surface area contributed by atoms with Crippen LogP contribution >= 0.6 is 24.0 Å². The number of methoxy groups -OCH3 is 1. The fourth-order valence-electron chi connectivity index (χ4n) is 1.03. The van der Waals surface area contributed by atoms with Gasteiger partial charge in [-0.15, -0.1) is 0 Å². The van der Waals surface area contributed by atoms with Crippen LogP contribution in [0.5, 0.6) is 0 Å². The zero-order chi connectivity index (χ0) is 11.5. The predicted octanol–water partition coefficient (Wildman–Crippen LogP) is 1.63. The molecule has 3 nitrogen and oxygen atoms in total. The highest BCUT2D eigenvalue weighted by Crippen LogP contribution is 2.00. The molecule has 1 atom stereocenters. The minimum Gasteiger partial charge on any atom is -0.385 e. The van der Waals surface area contributed by atoms with E-state index in [0.717, 1.165) is 36.2 Å². The molecule has 15 heavy (non-hydrogen) atoms. The summed E-state index contributed by atoms with van der Waals surface area (Å²) in [5.41, 5.74) is 0. The summed E-state index contributed by atoms with van der Waals surface area (Å²) in [6.45, 7) is 5.95. The SMILES string of the molecule is CCSCC(C)NC(=S)NCCCOC. The van der Waals surface area contributed by atoms with Gasteiger partial charge in [-0.25, -0.2) is 0 Å². The molecule has 5 heteroatoms. The van der Waals surface area contributed by atoms with Crippen LogP contribution in [-0.2, 0) is 4.74 Å². The summed E-state index contributed by atoms with van der Waals surface area (Å²) in [7, 11) is 1.71. The van der Waals surface area contributed by atoms with Crippen LogP contribution in [0.2, 0.25) is 0 Å². The second-order valence-electron chi connectivity index (χ2n) is 3.31. The van der Waals surface area contributed by atoms with E-state index < -0.39 is 0 Å². The van der Waals surface area contributed by atoms with E-state index >= 15 is 0 Å². The summed E-state index contributed by atoms with van der Waals surface area (Å²) in [5.74, 6) is 2.25. The number of rotatable bonds is 8. The van der Waals surface area contributed by atoms with E-state index in [-0.39, 0.29) is 0 Å². The van der Waals surface area contributed by atoms with Crippen LogP contribution in [0.1, 0.15) is 20.3 Å². The molecule has 2 N–H and O–H groups in total. The molecule has 0 saturated carbocycles. The molecular weight excluding hydrogens is 228 g/mol. The maximum atomic E-state index is 5.16. The highest BCUT2D eigenvalue weighted by molar-refractivity contribution is 7.99. The number of hydrogen-bond acceptors (Lipinski definition) is 3. The number of hydrogen-bond donors (Lipinski definition) is 2. The van der Waals surface area contributed by atoms with Gasteiger partial charge in [0.05, 0.1) is 0 Å². The smallest absolute Gasteiger partial charge is 0.166 e. The first-order chi connectivity index (χ1) is 7.20.